The van der Waals surface area contributed by atoms with Gasteiger partial charge in [-0.05, 0) is 18.6 Å². The monoisotopic (exact) mass is 244 g/mol. The Kier molecular flexibility index (Phi) is 2.66. The number of thiophene rings is 1. The van der Waals surface area contributed by atoms with Gasteiger partial charge in [0.2, 0.25) is 10.0 Å². The molecule has 0 saturated heterocycles. The molecule has 2 N–H and O–H groups in total. The van der Waals surface area contributed by atoms with Crippen molar-refractivity contribution in [3.05, 3.63) is 17.0 Å². The van der Waals surface area contributed by atoms with Crippen LogP contribution in [0.4, 0.5) is 0 Å². The Morgan fingerprint density at radius 3 is 2.73 bits per heavy atom. The summed E-state index contributed by atoms with van der Waals surface area (Å²) in [5.74, 6) is 0.414. The molecule has 0 fully saturated rings. The molecule has 0 amide bonds. The first-order valence-corrected chi connectivity index (χ1v) is 7.02. The summed E-state index contributed by atoms with van der Waals surface area (Å²) in [4.78, 5) is 5.29. The summed E-state index contributed by atoms with van der Waals surface area (Å²) in [7, 11) is -3.57. The predicted octanol–water partition coefficient (Wildman–Crippen LogP) is 1.22. The van der Waals surface area contributed by atoms with Crippen LogP contribution in [0.5, 0.6) is 0 Å². The normalized spacial score (nSPS) is 21.7. The van der Waals surface area contributed by atoms with E-state index < -0.39 is 10.0 Å². The lowest BCUT2D eigenvalue weighted by atomic mass is 10.0. The van der Waals surface area contributed by atoms with Gasteiger partial charge in [-0.3, -0.25) is 4.99 Å². The third kappa shape index (κ3) is 2.11. The number of nitrogens with zero attached hydrogens (tertiary/aromatic N) is 1. The van der Waals surface area contributed by atoms with Gasteiger partial charge in [0.05, 0.1) is 5.71 Å². The van der Waals surface area contributed by atoms with Gasteiger partial charge in [-0.25, -0.2) is 13.6 Å². The number of hydrogen-bond donors (Lipinski definition) is 1. The first kappa shape index (κ1) is 10.8. The Balaban J connectivity index is 2.36. The van der Waals surface area contributed by atoms with E-state index in [4.69, 9.17) is 5.14 Å². The summed E-state index contributed by atoms with van der Waals surface area (Å²) in [6, 6.07) is 3.33. The van der Waals surface area contributed by atoms with Crippen LogP contribution in [0.3, 0.4) is 0 Å². The summed E-state index contributed by atoms with van der Waals surface area (Å²) in [6.45, 7) is 2.93. The molecule has 4 nitrogen and oxygen atoms in total. The van der Waals surface area contributed by atoms with Gasteiger partial charge in [0, 0.05) is 17.3 Å². The van der Waals surface area contributed by atoms with Crippen LogP contribution in [0.2, 0.25) is 0 Å². The van der Waals surface area contributed by atoms with Crippen LogP contribution in [0.15, 0.2) is 21.3 Å². The highest BCUT2D eigenvalue weighted by Crippen LogP contribution is 2.27. The molecule has 0 saturated carbocycles. The zero-order chi connectivity index (χ0) is 11.1. The maximum absolute atomic E-state index is 11.1. The van der Waals surface area contributed by atoms with Crippen molar-refractivity contribution in [2.75, 3.05) is 6.54 Å². The third-order valence-corrected chi connectivity index (χ3v) is 4.97. The van der Waals surface area contributed by atoms with Crippen molar-refractivity contribution in [1.82, 2.24) is 0 Å². The van der Waals surface area contributed by atoms with Crippen LogP contribution in [0.25, 0.3) is 0 Å². The van der Waals surface area contributed by atoms with Crippen molar-refractivity contribution in [3.63, 3.8) is 0 Å². The fourth-order valence-electron chi connectivity index (χ4n) is 1.60. The first-order chi connectivity index (χ1) is 6.98. The fourth-order valence-corrected chi connectivity index (χ4v) is 3.45. The second-order valence-electron chi connectivity index (χ2n) is 3.62. The van der Waals surface area contributed by atoms with E-state index in [1.54, 1.807) is 12.1 Å². The molecule has 1 aromatic rings. The largest absolute Gasteiger partial charge is 0.288 e. The lowest BCUT2D eigenvalue weighted by Gasteiger charge is -2.02. The van der Waals surface area contributed by atoms with Crippen LogP contribution in [-0.2, 0) is 10.0 Å². The second kappa shape index (κ2) is 3.70. The molecular weight excluding hydrogens is 232 g/mol. The number of hydrogen-bond acceptors (Lipinski definition) is 4. The average molecular weight is 244 g/mol. The van der Waals surface area contributed by atoms with Crippen LogP contribution >= 0.6 is 11.3 Å². The number of sulfonamides is 1. The van der Waals surface area contributed by atoms with Gasteiger partial charge in [0.1, 0.15) is 4.21 Å². The molecular formula is C9H12N2O2S2. The maximum atomic E-state index is 11.1. The molecule has 1 aliphatic rings. The molecule has 2 rings (SSSR count). The molecule has 82 valence electrons. The number of nitrogens with two attached hydrogens (primary N) is 1. The zero-order valence-corrected chi connectivity index (χ0v) is 9.94. The molecule has 2 heterocycles. The van der Waals surface area contributed by atoms with Crippen LogP contribution in [0.1, 0.15) is 18.2 Å². The van der Waals surface area contributed by atoms with E-state index in [0.717, 1.165) is 23.6 Å². The lowest BCUT2D eigenvalue weighted by molar-refractivity contribution is 0.600. The van der Waals surface area contributed by atoms with E-state index in [0.29, 0.717) is 5.92 Å². The van der Waals surface area contributed by atoms with Gasteiger partial charge >= 0.3 is 0 Å². The molecule has 0 spiro atoms. The predicted molar refractivity (Wildman–Crippen MR) is 60.9 cm³/mol. The van der Waals surface area contributed by atoms with Gasteiger partial charge in [-0.2, -0.15) is 0 Å². The highest BCUT2D eigenvalue weighted by molar-refractivity contribution is 7.91. The quantitative estimate of drug-likeness (QED) is 0.849. The lowest BCUT2D eigenvalue weighted by Crippen LogP contribution is -2.10. The number of primary sulfonamides is 1. The van der Waals surface area contributed by atoms with Crippen molar-refractivity contribution in [2.45, 2.75) is 17.6 Å². The van der Waals surface area contributed by atoms with Crippen molar-refractivity contribution >= 4 is 27.1 Å². The molecule has 1 aliphatic heterocycles. The molecule has 6 heteroatoms. The number of rotatable bonds is 2. The van der Waals surface area contributed by atoms with Gasteiger partial charge in [-0.15, -0.1) is 11.3 Å². The van der Waals surface area contributed by atoms with E-state index in [1.165, 1.54) is 11.3 Å². The Bertz CT molecular complexity index is 502. The summed E-state index contributed by atoms with van der Waals surface area (Å²) >= 11 is 1.20. The molecule has 0 unspecified atom stereocenters. The molecule has 0 radical (unpaired) electrons. The standard InChI is InChI=1S/C9H12N2O2S2/c1-6-4-5-11-9(6)7-2-3-8(14-7)15(10,12)13/h2-3,6H,4-5H2,1H3,(H2,10,12,13)/t6-/m1/s1. The van der Waals surface area contributed by atoms with E-state index in [2.05, 4.69) is 11.9 Å². The molecule has 0 aromatic carbocycles. The van der Waals surface area contributed by atoms with Crippen LogP contribution in [0, 0.1) is 5.92 Å². The van der Waals surface area contributed by atoms with Crippen LogP contribution < -0.4 is 5.14 Å². The van der Waals surface area contributed by atoms with E-state index in [1.807, 2.05) is 0 Å². The summed E-state index contributed by atoms with van der Waals surface area (Å²) in [5, 5.41) is 5.05. The Labute approximate surface area is 92.9 Å². The topological polar surface area (TPSA) is 72.5 Å². The van der Waals surface area contributed by atoms with E-state index in [-0.39, 0.29) is 4.21 Å². The van der Waals surface area contributed by atoms with E-state index >= 15 is 0 Å². The molecule has 1 atom stereocenters. The first-order valence-electron chi connectivity index (χ1n) is 4.66. The number of aliphatic imine (C=N–C) groups is 1. The molecule has 15 heavy (non-hydrogen) atoms. The fraction of sp³-hybridized carbons (Fsp3) is 0.444. The van der Waals surface area contributed by atoms with Gasteiger partial charge in [-0.1, -0.05) is 6.92 Å². The minimum absolute atomic E-state index is 0.208. The SMILES string of the molecule is C[C@@H]1CCN=C1c1ccc(S(N)(=O)=O)s1. The van der Waals surface area contributed by atoms with Crippen molar-refractivity contribution in [3.8, 4) is 0 Å². The minimum atomic E-state index is -3.57. The highest BCUT2D eigenvalue weighted by atomic mass is 32.2. The smallest absolute Gasteiger partial charge is 0.247 e. The Hall–Kier alpha value is -0.720. The molecule has 0 aliphatic carbocycles. The molecule has 0 bridgehead atoms. The van der Waals surface area contributed by atoms with Gasteiger partial charge < -0.3 is 0 Å². The Morgan fingerprint density at radius 2 is 2.27 bits per heavy atom. The van der Waals surface area contributed by atoms with Gasteiger partial charge in [0.25, 0.3) is 0 Å². The Morgan fingerprint density at radius 1 is 1.53 bits per heavy atom. The summed E-state index contributed by atoms with van der Waals surface area (Å²) in [5.41, 5.74) is 1.01. The van der Waals surface area contributed by atoms with Crippen molar-refractivity contribution in [1.29, 1.82) is 0 Å². The van der Waals surface area contributed by atoms with E-state index in [9.17, 15) is 8.42 Å². The van der Waals surface area contributed by atoms with Gasteiger partial charge in [0.15, 0.2) is 0 Å². The molecule has 1 aromatic heterocycles. The van der Waals surface area contributed by atoms with Crippen molar-refractivity contribution < 1.29 is 8.42 Å². The maximum Gasteiger partial charge on any atom is 0.247 e. The second-order valence-corrected chi connectivity index (χ2v) is 6.49. The minimum Gasteiger partial charge on any atom is -0.288 e. The highest BCUT2D eigenvalue weighted by Gasteiger charge is 2.21. The van der Waals surface area contributed by atoms with Crippen molar-refractivity contribution in [2.24, 2.45) is 16.0 Å². The zero-order valence-electron chi connectivity index (χ0n) is 8.30. The van der Waals surface area contributed by atoms with Crippen LogP contribution in [-0.4, -0.2) is 20.7 Å². The summed E-state index contributed by atoms with van der Waals surface area (Å²) in [6.07, 6.45) is 1.04. The average Bonchev–Trinajstić information content (AvgIpc) is 2.69. The third-order valence-electron chi connectivity index (χ3n) is 2.43. The summed E-state index contributed by atoms with van der Waals surface area (Å²) < 4.78 is 22.4.